The van der Waals surface area contributed by atoms with Crippen LogP contribution < -0.4 is 14.8 Å². The van der Waals surface area contributed by atoms with Gasteiger partial charge in [-0.05, 0) is 18.2 Å². The number of hydrogen-bond donors (Lipinski definition) is 2. The van der Waals surface area contributed by atoms with E-state index in [0.717, 1.165) is 11.3 Å². The van der Waals surface area contributed by atoms with Crippen LogP contribution in [-0.4, -0.2) is 25.9 Å². The molecule has 0 aliphatic carbocycles. The van der Waals surface area contributed by atoms with Crippen LogP contribution in [-0.2, 0) is 0 Å². The molecule has 5 heteroatoms. The van der Waals surface area contributed by atoms with Crippen LogP contribution in [0.2, 0.25) is 5.02 Å². The van der Waals surface area contributed by atoms with Gasteiger partial charge >= 0.3 is 0 Å². The number of halogens is 1. The zero-order valence-electron chi connectivity index (χ0n) is 12.0. The first-order valence-electron chi connectivity index (χ1n) is 6.54. The van der Waals surface area contributed by atoms with Crippen molar-refractivity contribution in [2.45, 2.75) is 6.04 Å². The largest absolute Gasteiger partial charge is 0.493 e. The molecular formula is C16H18ClNO3. The van der Waals surface area contributed by atoms with Gasteiger partial charge in [0.2, 0.25) is 0 Å². The van der Waals surface area contributed by atoms with Gasteiger partial charge in [-0.25, -0.2) is 0 Å². The van der Waals surface area contributed by atoms with Gasteiger partial charge in [0.1, 0.15) is 0 Å². The maximum absolute atomic E-state index is 9.71. The molecule has 21 heavy (non-hydrogen) atoms. The number of rotatable bonds is 6. The summed E-state index contributed by atoms with van der Waals surface area (Å²) in [5.41, 5.74) is 1.56. The molecule has 0 aliphatic heterocycles. The van der Waals surface area contributed by atoms with Gasteiger partial charge in [-0.15, -0.1) is 0 Å². The molecule has 0 spiro atoms. The van der Waals surface area contributed by atoms with Crippen molar-refractivity contribution >= 4 is 17.3 Å². The Morgan fingerprint density at radius 1 is 1.10 bits per heavy atom. The standard InChI is InChI=1S/C16H18ClNO3/c1-20-15-9-5-6-11(16(15)21-2)14(10-19)18-13-8-4-3-7-12(13)17/h3-9,14,18-19H,10H2,1-2H3. The smallest absolute Gasteiger partial charge is 0.166 e. The fourth-order valence-corrected chi connectivity index (χ4v) is 2.36. The highest BCUT2D eigenvalue weighted by Gasteiger charge is 2.19. The Morgan fingerprint density at radius 3 is 2.48 bits per heavy atom. The average molecular weight is 308 g/mol. The number of hydrogen-bond acceptors (Lipinski definition) is 4. The first-order chi connectivity index (χ1) is 10.2. The van der Waals surface area contributed by atoms with Crippen molar-refractivity contribution in [3.05, 3.63) is 53.1 Å². The minimum Gasteiger partial charge on any atom is -0.493 e. The summed E-state index contributed by atoms with van der Waals surface area (Å²) < 4.78 is 10.7. The van der Waals surface area contributed by atoms with Gasteiger partial charge in [-0.1, -0.05) is 35.9 Å². The Balaban J connectivity index is 2.36. The summed E-state index contributed by atoms with van der Waals surface area (Å²) in [6, 6.07) is 12.6. The Morgan fingerprint density at radius 2 is 1.86 bits per heavy atom. The van der Waals surface area contributed by atoms with Crippen molar-refractivity contribution in [1.82, 2.24) is 0 Å². The molecule has 0 aromatic heterocycles. The molecule has 2 aromatic carbocycles. The van der Waals surface area contributed by atoms with E-state index in [1.807, 2.05) is 36.4 Å². The Bertz CT molecular complexity index is 604. The fourth-order valence-electron chi connectivity index (χ4n) is 2.17. The lowest BCUT2D eigenvalue weighted by Crippen LogP contribution is -2.16. The summed E-state index contributed by atoms with van der Waals surface area (Å²) in [4.78, 5) is 0. The monoisotopic (exact) mass is 307 g/mol. The van der Waals surface area contributed by atoms with Crippen molar-refractivity contribution in [3.63, 3.8) is 0 Å². The van der Waals surface area contributed by atoms with E-state index in [0.29, 0.717) is 16.5 Å². The van der Waals surface area contributed by atoms with E-state index in [1.165, 1.54) is 0 Å². The molecule has 0 aliphatic rings. The molecular weight excluding hydrogens is 290 g/mol. The van der Waals surface area contributed by atoms with E-state index in [-0.39, 0.29) is 12.6 Å². The topological polar surface area (TPSA) is 50.7 Å². The molecule has 0 saturated carbocycles. The molecule has 0 fully saturated rings. The SMILES string of the molecule is COc1cccc(C(CO)Nc2ccccc2Cl)c1OC. The lowest BCUT2D eigenvalue weighted by atomic mass is 10.1. The van der Waals surface area contributed by atoms with Crippen molar-refractivity contribution in [3.8, 4) is 11.5 Å². The number of anilines is 1. The number of ether oxygens (including phenoxy) is 2. The highest BCUT2D eigenvalue weighted by molar-refractivity contribution is 6.33. The molecule has 0 saturated heterocycles. The molecule has 2 N–H and O–H groups in total. The molecule has 2 aromatic rings. The third-order valence-corrected chi connectivity index (χ3v) is 3.52. The van der Waals surface area contributed by atoms with Crippen LogP contribution in [0.15, 0.2) is 42.5 Å². The molecule has 0 amide bonds. The van der Waals surface area contributed by atoms with E-state index in [4.69, 9.17) is 21.1 Å². The highest BCUT2D eigenvalue weighted by atomic mass is 35.5. The lowest BCUT2D eigenvalue weighted by molar-refractivity contribution is 0.271. The minimum absolute atomic E-state index is 0.102. The molecule has 112 valence electrons. The number of para-hydroxylation sites is 2. The van der Waals surface area contributed by atoms with E-state index < -0.39 is 0 Å². The van der Waals surface area contributed by atoms with Crippen molar-refractivity contribution in [2.24, 2.45) is 0 Å². The molecule has 4 nitrogen and oxygen atoms in total. The lowest BCUT2D eigenvalue weighted by Gasteiger charge is -2.22. The first-order valence-corrected chi connectivity index (χ1v) is 6.91. The molecule has 1 atom stereocenters. The zero-order chi connectivity index (χ0) is 15.2. The minimum atomic E-state index is -0.352. The Hall–Kier alpha value is -1.91. The number of benzene rings is 2. The average Bonchev–Trinajstić information content (AvgIpc) is 2.53. The molecule has 0 radical (unpaired) electrons. The number of aliphatic hydroxyl groups excluding tert-OH is 1. The molecule has 2 rings (SSSR count). The van der Waals surface area contributed by atoms with Crippen LogP contribution >= 0.6 is 11.6 Å². The van der Waals surface area contributed by atoms with E-state index in [9.17, 15) is 5.11 Å². The second-order valence-corrected chi connectivity index (χ2v) is 4.85. The van der Waals surface area contributed by atoms with Crippen LogP contribution in [0.1, 0.15) is 11.6 Å². The predicted molar refractivity (Wildman–Crippen MR) is 84.4 cm³/mol. The second-order valence-electron chi connectivity index (χ2n) is 4.44. The highest BCUT2D eigenvalue weighted by Crippen LogP contribution is 2.36. The van der Waals surface area contributed by atoms with Gasteiger partial charge in [0.15, 0.2) is 11.5 Å². The third kappa shape index (κ3) is 3.40. The molecule has 1 unspecified atom stereocenters. The second kappa shape index (κ2) is 7.20. The van der Waals surface area contributed by atoms with E-state index >= 15 is 0 Å². The normalized spacial score (nSPS) is 11.8. The van der Waals surface area contributed by atoms with Crippen LogP contribution in [0.3, 0.4) is 0 Å². The van der Waals surface area contributed by atoms with Gasteiger partial charge in [0.25, 0.3) is 0 Å². The molecule has 0 heterocycles. The zero-order valence-corrected chi connectivity index (χ0v) is 12.7. The van der Waals surface area contributed by atoms with Crippen LogP contribution in [0, 0.1) is 0 Å². The summed E-state index contributed by atoms with van der Waals surface area (Å²) in [6.45, 7) is -0.102. The maximum Gasteiger partial charge on any atom is 0.166 e. The van der Waals surface area contributed by atoms with Gasteiger partial charge < -0.3 is 19.9 Å². The van der Waals surface area contributed by atoms with Crippen molar-refractivity contribution < 1.29 is 14.6 Å². The Labute approximate surface area is 129 Å². The van der Waals surface area contributed by atoms with Crippen molar-refractivity contribution in [2.75, 3.05) is 26.1 Å². The number of nitrogens with one attached hydrogen (secondary N) is 1. The maximum atomic E-state index is 9.71. The quantitative estimate of drug-likeness (QED) is 0.857. The van der Waals surface area contributed by atoms with Gasteiger partial charge in [0.05, 0.1) is 37.6 Å². The van der Waals surface area contributed by atoms with Gasteiger partial charge in [0, 0.05) is 5.56 Å². The van der Waals surface area contributed by atoms with Crippen LogP contribution in [0.25, 0.3) is 0 Å². The fraction of sp³-hybridized carbons (Fsp3) is 0.250. The summed E-state index contributed by atoms with van der Waals surface area (Å²) in [6.07, 6.45) is 0. The summed E-state index contributed by atoms with van der Waals surface area (Å²) in [7, 11) is 3.16. The summed E-state index contributed by atoms with van der Waals surface area (Å²) in [5.74, 6) is 1.22. The molecule has 0 bridgehead atoms. The van der Waals surface area contributed by atoms with Crippen LogP contribution in [0.4, 0.5) is 5.69 Å². The number of aliphatic hydroxyl groups is 1. The van der Waals surface area contributed by atoms with Crippen molar-refractivity contribution in [1.29, 1.82) is 0 Å². The number of methoxy groups -OCH3 is 2. The summed E-state index contributed by atoms with van der Waals surface area (Å²) >= 11 is 6.14. The van der Waals surface area contributed by atoms with Gasteiger partial charge in [-0.2, -0.15) is 0 Å². The van der Waals surface area contributed by atoms with E-state index in [1.54, 1.807) is 20.3 Å². The van der Waals surface area contributed by atoms with E-state index in [2.05, 4.69) is 5.32 Å². The predicted octanol–water partition coefficient (Wildman–Crippen LogP) is 3.50. The third-order valence-electron chi connectivity index (χ3n) is 3.19. The van der Waals surface area contributed by atoms with Gasteiger partial charge in [-0.3, -0.25) is 0 Å². The Kier molecular flexibility index (Phi) is 5.31. The first kappa shape index (κ1) is 15.5. The summed E-state index contributed by atoms with van der Waals surface area (Å²) in [5, 5.41) is 13.5. The van der Waals surface area contributed by atoms with Crippen LogP contribution in [0.5, 0.6) is 11.5 Å².